The lowest BCUT2D eigenvalue weighted by Crippen LogP contribution is -2.50. The summed E-state index contributed by atoms with van der Waals surface area (Å²) in [5.41, 5.74) is 0.712. The molecule has 1 amide bonds. The number of amides is 1. The number of hydrogen-bond donors (Lipinski definition) is 0. The van der Waals surface area contributed by atoms with Crippen LogP contribution < -0.4 is 4.74 Å². The highest BCUT2D eigenvalue weighted by Crippen LogP contribution is 2.36. The number of ether oxygens (including phenoxy) is 2. The topological polar surface area (TPSA) is 68.7 Å². The minimum atomic E-state index is -4.97. The van der Waals surface area contributed by atoms with E-state index in [1.807, 2.05) is 0 Å². The Morgan fingerprint density at radius 3 is 2.72 bits per heavy atom. The number of pyridine rings is 1. The normalized spacial score (nSPS) is 20.9. The van der Waals surface area contributed by atoms with Gasteiger partial charge >= 0.3 is 18.1 Å². The summed E-state index contributed by atoms with van der Waals surface area (Å²) in [6.45, 7) is 1.29. The number of aromatic nitrogens is 1. The second kappa shape index (κ2) is 7.71. The first-order valence-electron chi connectivity index (χ1n) is 7.80. The van der Waals surface area contributed by atoms with Crippen LogP contribution in [0.4, 0.5) is 13.2 Å². The van der Waals surface area contributed by atoms with E-state index in [1.165, 1.54) is 13.3 Å². The maximum atomic E-state index is 12.7. The van der Waals surface area contributed by atoms with E-state index in [0.29, 0.717) is 16.3 Å². The van der Waals surface area contributed by atoms with Crippen molar-refractivity contribution in [2.45, 2.75) is 25.4 Å². The first-order chi connectivity index (χ1) is 11.8. The molecule has 0 spiro atoms. The number of carbonyl (C=O) groups excluding carboxylic acids is 2. The molecule has 1 aromatic heterocycles. The van der Waals surface area contributed by atoms with Crippen LogP contribution in [-0.4, -0.2) is 54.7 Å². The number of hydrogen-bond acceptors (Lipinski definition) is 5. The molecule has 1 aromatic rings. The minimum absolute atomic E-state index is 0.0937. The van der Waals surface area contributed by atoms with Gasteiger partial charge in [-0.1, -0.05) is 0 Å². The van der Waals surface area contributed by atoms with Crippen molar-refractivity contribution in [1.82, 2.24) is 9.88 Å². The van der Waals surface area contributed by atoms with E-state index < -0.39 is 24.0 Å². The third-order valence-electron chi connectivity index (χ3n) is 4.13. The number of piperidine rings is 1. The SMILES string of the molecule is CCOC(=O)[C@@H]1CN(C(=O)C(F)(F)F)CC[C@@H]1c1ccnc(OC)c1. The smallest absolute Gasteiger partial charge is 0.471 e. The first-order valence-corrected chi connectivity index (χ1v) is 7.80. The summed E-state index contributed by atoms with van der Waals surface area (Å²) in [6.07, 6.45) is -3.26. The zero-order valence-corrected chi connectivity index (χ0v) is 13.9. The highest BCUT2D eigenvalue weighted by atomic mass is 19.4. The van der Waals surface area contributed by atoms with Gasteiger partial charge in [0.05, 0.1) is 19.6 Å². The first kappa shape index (κ1) is 19.0. The number of carbonyl (C=O) groups is 2. The summed E-state index contributed by atoms with van der Waals surface area (Å²) >= 11 is 0. The summed E-state index contributed by atoms with van der Waals surface area (Å²) < 4.78 is 48.1. The van der Waals surface area contributed by atoms with E-state index in [2.05, 4.69) is 4.98 Å². The lowest BCUT2D eigenvalue weighted by atomic mass is 9.80. The number of rotatable bonds is 4. The highest BCUT2D eigenvalue weighted by Gasteiger charge is 2.46. The number of esters is 1. The van der Waals surface area contributed by atoms with Crippen LogP contribution in [-0.2, 0) is 14.3 Å². The Morgan fingerprint density at radius 1 is 1.40 bits per heavy atom. The molecule has 0 radical (unpaired) electrons. The van der Waals surface area contributed by atoms with Gasteiger partial charge in [-0.05, 0) is 25.0 Å². The van der Waals surface area contributed by atoms with Crippen LogP contribution in [0.1, 0.15) is 24.8 Å². The molecule has 1 saturated heterocycles. The predicted octanol–water partition coefficient (Wildman–Crippen LogP) is 2.15. The van der Waals surface area contributed by atoms with Crippen LogP contribution in [0.25, 0.3) is 0 Å². The Bertz CT molecular complexity index is 636. The van der Waals surface area contributed by atoms with Crippen LogP contribution in [0.5, 0.6) is 5.88 Å². The number of likely N-dealkylation sites (tertiary alicyclic amines) is 1. The van der Waals surface area contributed by atoms with Crippen molar-refractivity contribution >= 4 is 11.9 Å². The maximum absolute atomic E-state index is 12.7. The quantitative estimate of drug-likeness (QED) is 0.770. The van der Waals surface area contributed by atoms with Gasteiger partial charge < -0.3 is 14.4 Å². The average molecular weight is 360 g/mol. The molecular weight excluding hydrogens is 341 g/mol. The van der Waals surface area contributed by atoms with Gasteiger partial charge in [-0.25, -0.2) is 4.98 Å². The molecule has 0 saturated carbocycles. The van der Waals surface area contributed by atoms with Gasteiger partial charge in [0.1, 0.15) is 0 Å². The van der Waals surface area contributed by atoms with Crippen molar-refractivity contribution in [3.63, 3.8) is 0 Å². The molecule has 2 rings (SSSR count). The molecule has 6 nitrogen and oxygen atoms in total. The molecule has 25 heavy (non-hydrogen) atoms. The van der Waals surface area contributed by atoms with Gasteiger partial charge in [0.25, 0.3) is 0 Å². The molecule has 2 atom stereocenters. The average Bonchev–Trinajstić information content (AvgIpc) is 2.60. The fourth-order valence-electron chi connectivity index (χ4n) is 2.97. The maximum Gasteiger partial charge on any atom is 0.471 e. The third kappa shape index (κ3) is 4.40. The molecule has 1 fully saturated rings. The zero-order valence-electron chi connectivity index (χ0n) is 13.9. The minimum Gasteiger partial charge on any atom is -0.481 e. The number of alkyl halides is 3. The Labute approximate surface area is 142 Å². The molecule has 0 unspecified atom stereocenters. The summed E-state index contributed by atoms with van der Waals surface area (Å²) in [7, 11) is 1.44. The number of methoxy groups -OCH3 is 1. The lowest BCUT2D eigenvalue weighted by Gasteiger charge is -2.37. The van der Waals surface area contributed by atoms with Gasteiger partial charge in [0.15, 0.2) is 0 Å². The Morgan fingerprint density at radius 2 is 2.12 bits per heavy atom. The van der Waals surface area contributed by atoms with Crippen molar-refractivity contribution in [2.75, 3.05) is 26.8 Å². The molecule has 138 valence electrons. The van der Waals surface area contributed by atoms with Crippen molar-refractivity contribution in [3.8, 4) is 5.88 Å². The fourth-order valence-corrected chi connectivity index (χ4v) is 2.97. The summed E-state index contributed by atoms with van der Waals surface area (Å²) in [4.78, 5) is 28.4. The van der Waals surface area contributed by atoms with E-state index >= 15 is 0 Å². The van der Waals surface area contributed by atoms with Crippen LogP contribution in [0.2, 0.25) is 0 Å². The van der Waals surface area contributed by atoms with Crippen molar-refractivity contribution < 1.29 is 32.2 Å². The molecule has 0 N–H and O–H groups in total. The molecular formula is C16H19F3N2O4. The number of halogens is 3. The Hall–Kier alpha value is -2.32. The Balaban J connectivity index is 2.27. The van der Waals surface area contributed by atoms with Gasteiger partial charge in [-0.15, -0.1) is 0 Å². The summed E-state index contributed by atoms with van der Waals surface area (Å²) in [6, 6.07) is 3.32. The second-order valence-electron chi connectivity index (χ2n) is 5.63. The number of nitrogens with zero attached hydrogens (tertiary/aromatic N) is 2. The van der Waals surface area contributed by atoms with E-state index in [-0.39, 0.29) is 32.0 Å². The molecule has 0 bridgehead atoms. The van der Waals surface area contributed by atoms with Gasteiger partial charge in [-0.3, -0.25) is 9.59 Å². The van der Waals surface area contributed by atoms with Crippen LogP contribution in [0.3, 0.4) is 0 Å². The largest absolute Gasteiger partial charge is 0.481 e. The lowest BCUT2D eigenvalue weighted by molar-refractivity contribution is -0.188. The molecule has 9 heteroatoms. The van der Waals surface area contributed by atoms with E-state index in [9.17, 15) is 22.8 Å². The van der Waals surface area contributed by atoms with Gasteiger partial charge in [0, 0.05) is 31.3 Å². The molecule has 0 aromatic carbocycles. The molecule has 1 aliphatic rings. The van der Waals surface area contributed by atoms with Crippen molar-refractivity contribution in [3.05, 3.63) is 23.9 Å². The van der Waals surface area contributed by atoms with E-state index in [1.54, 1.807) is 19.1 Å². The van der Waals surface area contributed by atoms with Crippen LogP contribution in [0, 0.1) is 5.92 Å². The molecule has 1 aliphatic heterocycles. The van der Waals surface area contributed by atoms with Crippen molar-refractivity contribution in [1.29, 1.82) is 0 Å². The molecule has 0 aliphatic carbocycles. The Kier molecular flexibility index (Phi) is 5.86. The standard InChI is InChI=1S/C16H19F3N2O4/c1-3-25-14(22)12-9-21(15(23)16(17,18)19)7-5-11(12)10-4-6-20-13(8-10)24-2/h4,6,8,11-12H,3,5,7,9H2,1-2H3/t11-,12-/m1/s1. The predicted molar refractivity (Wildman–Crippen MR) is 80.9 cm³/mol. The van der Waals surface area contributed by atoms with Gasteiger partial charge in [0.2, 0.25) is 5.88 Å². The van der Waals surface area contributed by atoms with Crippen LogP contribution >= 0.6 is 0 Å². The van der Waals surface area contributed by atoms with Gasteiger partial charge in [-0.2, -0.15) is 13.2 Å². The van der Waals surface area contributed by atoms with E-state index in [4.69, 9.17) is 9.47 Å². The zero-order chi connectivity index (χ0) is 18.6. The fraction of sp³-hybridized carbons (Fsp3) is 0.562. The summed E-state index contributed by atoms with van der Waals surface area (Å²) in [5, 5.41) is 0. The highest BCUT2D eigenvalue weighted by molar-refractivity contribution is 5.83. The van der Waals surface area contributed by atoms with Crippen LogP contribution in [0.15, 0.2) is 18.3 Å². The molecule has 2 heterocycles. The van der Waals surface area contributed by atoms with Crippen molar-refractivity contribution in [2.24, 2.45) is 5.92 Å². The summed E-state index contributed by atoms with van der Waals surface area (Å²) in [5.74, 6) is -3.48. The monoisotopic (exact) mass is 360 g/mol. The second-order valence-corrected chi connectivity index (χ2v) is 5.63. The van der Waals surface area contributed by atoms with E-state index in [0.717, 1.165) is 0 Å². The third-order valence-corrected chi connectivity index (χ3v) is 4.13.